The zero-order chi connectivity index (χ0) is 101. The fraction of sp³-hybridized carbons (Fsp3) is 0.281. The second kappa shape index (κ2) is 41.4. The van der Waals surface area contributed by atoms with Gasteiger partial charge < -0.3 is 46.6 Å². The summed E-state index contributed by atoms with van der Waals surface area (Å²) in [4.78, 5) is 120. The number of nitrogens with zero attached hydrogens (tertiary/aromatic N) is 18. The number of nitrogen functional groups attached to an aromatic ring is 3. The predicted octanol–water partition coefficient (Wildman–Crippen LogP) is 21.9. The fourth-order valence-electron chi connectivity index (χ4n) is 17.6. The molecule has 138 heavy (non-hydrogen) atoms. The molecule has 12 aromatic rings. The summed E-state index contributed by atoms with van der Waals surface area (Å²) >= 11 is 76.7. The molecule has 3 fully saturated rings. The molecule has 9 aromatic heterocycles. The Morgan fingerprint density at radius 1 is 0.399 bits per heavy atom. The molecule has 3 aliphatic rings. The number of anilines is 6. The Hall–Kier alpha value is -11.6. The van der Waals surface area contributed by atoms with Crippen molar-refractivity contribution < 1.29 is 27.6 Å². The van der Waals surface area contributed by atoms with Crippen molar-refractivity contribution in [3.8, 4) is 69.0 Å². The molecule has 0 saturated carbocycles. The lowest BCUT2D eigenvalue weighted by Crippen LogP contribution is -2.54. The lowest BCUT2D eigenvalue weighted by Gasteiger charge is -2.41. The second-order valence-corrected chi connectivity index (χ2v) is 38.4. The number of carbonyl (C=O) groups is 3. The number of pyridine rings is 9. The molecule has 3 atom stereocenters. The minimum atomic E-state index is -1.01. The van der Waals surface area contributed by atoms with Gasteiger partial charge in [-0.3, -0.25) is 57.4 Å². The van der Waals surface area contributed by atoms with Crippen LogP contribution in [0.3, 0.4) is 0 Å². The van der Waals surface area contributed by atoms with Gasteiger partial charge in [0, 0.05) is 128 Å². The molecule has 3 aliphatic heterocycles. The number of fused-ring (bicyclic) bond motifs is 3. The molecule has 0 unspecified atom stereocenters. The number of halogens is 15. The van der Waals surface area contributed by atoms with Crippen molar-refractivity contribution in [3.63, 3.8) is 0 Å². The van der Waals surface area contributed by atoms with E-state index in [9.17, 15) is 44.6 Å². The van der Waals surface area contributed by atoms with E-state index in [1.54, 1.807) is 51.5 Å². The Bertz CT molecular complexity index is 6780. The monoisotopic (exact) mass is 2100 g/mol. The molecule has 12 heterocycles. The summed E-state index contributed by atoms with van der Waals surface area (Å²) in [5.41, 5.74) is 21.8. The molecule has 3 aromatic carbocycles. The molecule has 6 N–H and O–H groups in total. The maximum atomic E-state index is 15.1. The van der Waals surface area contributed by atoms with E-state index >= 15 is 13.2 Å². The number of amides is 3. The van der Waals surface area contributed by atoms with Crippen LogP contribution in [0.15, 0.2) is 107 Å². The molecule has 714 valence electrons. The summed E-state index contributed by atoms with van der Waals surface area (Å²) in [7, 11) is 0. The average molecular weight is 2110 g/mol. The van der Waals surface area contributed by atoms with Crippen molar-refractivity contribution in [2.75, 3.05) is 90.8 Å². The van der Waals surface area contributed by atoms with E-state index in [-0.39, 0.29) is 168 Å². The van der Waals surface area contributed by atoms with Crippen molar-refractivity contribution >= 4 is 224 Å². The first-order valence-corrected chi connectivity index (χ1v) is 47.1. The van der Waals surface area contributed by atoms with Gasteiger partial charge in [-0.1, -0.05) is 200 Å². The summed E-state index contributed by atoms with van der Waals surface area (Å²) in [5, 5.41) is 28.9. The predicted molar refractivity (Wildman–Crippen MR) is 546 cm³/mol. The third kappa shape index (κ3) is 18.3. The van der Waals surface area contributed by atoms with E-state index in [4.69, 9.17) is 171 Å². The lowest BCUT2D eigenvalue weighted by molar-refractivity contribution is -0.129. The van der Waals surface area contributed by atoms with E-state index in [2.05, 4.69) is 52.9 Å². The van der Waals surface area contributed by atoms with E-state index in [1.807, 2.05) is 97.8 Å². The highest BCUT2D eigenvalue weighted by Gasteiger charge is 2.40. The van der Waals surface area contributed by atoms with Gasteiger partial charge in [-0.05, 0) is 131 Å². The van der Waals surface area contributed by atoms with Gasteiger partial charge in [0.15, 0.2) is 17.5 Å². The first kappa shape index (κ1) is 104. The summed E-state index contributed by atoms with van der Waals surface area (Å²) < 4.78 is 49.3. The number of nitriles is 3. The number of rotatable bonds is 15. The fourth-order valence-corrected chi connectivity index (χ4v) is 20.4. The van der Waals surface area contributed by atoms with Crippen LogP contribution in [-0.2, 0) is 14.4 Å². The van der Waals surface area contributed by atoms with E-state index < -0.39 is 64.3 Å². The second-order valence-electron chi connectivity index (χ2n) is 33.8. The Labute approximate surface area is 850 Å². The van der Waals surface area contributed by atoms with E-state index in [0.717, 1.165) is 0 Å². The summed E-state index contributed by atoms with van der Waals surface area (Å²) in [6, 6.07) is 15.3. The number of hydrogen-bond donors (Lipinski definition) is 3. The van der Waals surface area contributed by atoms with E-state index in [1.165, 1.54) is 50.1 Å². The topological polar surface area (TPSA) is 363 Å². The van der Waals surface area contributed by atoms with Crippen LogP contribution in [0.1, 0.15) is 131 Å². The van der Waals surface area contributed by atoms with Gasteiger partial charge in [-0.2, -0.15) is 15.8 Å². The zero-order valence-electron chi connectivity index (χ0n) is 75.8. The van der Waals surface area contributed by atoms with Crippen LogP contribution in [0.2, 0.25) is 60.3 Å². The van der Waals surface area contributed by atoms with Gasteiger partial charge in [-0.15, -0.1) is 0 Å². The molecular formula is C96H84Cl12F3N21O6. The number of nitrogens with two attached hydrogens (primary N) is 3. The average Bonchev–Trinajstić information content (AvgIpc) is 0.726. The Morgan fingerprint density at radius 2 is 0.630 bits per heavy atom. The molecule has 0 radical (unpaired) electrons. The number of hydrogen-bond acceptors (Lipinski definition) is 21. The molecule has 27 nitrogen and oxygen atoms in total. The molecule has 0 spiro atoms. The Balaban J connectivity index is 0.000000175. The summed E-state index contributed by atoms with van der Waals surface area (Å²) in [6.07, 6.45) is 8.67. The van der Waals surface area contributed by atoms with Crippen LogP contribution < -0.4 is 48.6 Å². The Morgan fingerprint density at radius 3 is 0.833 bits per heavy atom. The highest BCUT2D eigenvalue weighted by Crippen LogP contribution is 2.52. The van der Waals surface area contributed by atoms with Crippen LogP contribution in [0.5, 0.6) is 0 Å². The maximum Gasteiger partial charge on any atom is 0.276 e. The molecule has 42 heteroatoms. The number of carbonyl (C=O) groups excluding carboxylic acids is 3. The van der Waals surface area contributed by atoms with Crippen LogP contribution in [0, 0.1) is 72.2 Å². The standard InChI is InChI=1S/3C32H28Cl4FN7O2/c3*1-6-20(45)43-10-9-42(13-16(43)5)30-17-11-19(33)28(21-22(34)25(37)23(35)24(36)26(21)39)41-31(17)44(32(46)18(30)12-38)29-15(4)7-8-40-27(29)14(2)3/h3*6-8,11,14,16H,1,9-10,13,39H2,2-5H3/t3*16-/m111/s1. The van der Waals surface area contributed by atoms with Crippen molar-refractivity contribution in [2.45, 2.75) is 119 Å². The highest BCUT2D eigenvalue weighted by atomic mass is 35.5. The minimum Gasteiger partial charge on any atom is -0.397 e. The lowest BCUT2D eigenvalue weighted by atomic mass is 10.0. The third-order valence-corrected chi connectivity index (χ3v) is 28.6. The molecule has 3 amide bonds. The normalized spacial score (nSPS) is 15.0. The SMILES string of the molecule is C=CC(=O)N1CCN(c2c(C#N)c(=O)n(-c3c(C)ccnc3C(C)C)c3nc(-c4c(N)c(Cl)c(Cl)c(F)c4Cl)c(Cl)cc23)C[C@H]1C.C=CC(=O)N1CCN(c2c(C#N)c(=O)n(-c3c(C)ccnc3C(C)C)c3nc(-c4c(N)c(Cl)c(Cl)c(F)c4Cl)c(Cl)cc23)C[C@H]1C.C=CC(=O)N1CCN(c2c(C#N)c(=O)n(-c3c(C)ccnc3C(C)C)c3nc(-c4c(N)c(Cl)c(Cl)c(F)c4Cl)c(Cl)cc23)C[C@H]1C. The van der Waals surface area contributed by atoms with Crippen LogP contribution >= 0.6 is 139 Å². The van der Waals surface area contributed by atoms with Crippen LogP contribution in [-0.4, -0.2) is 153 Å². The van der Waals surface area contributed by atoms with Gasteiger partial charge >= 0.3 is 0 Å². The van der Waals surface area contributed by atoms with Gasteiger partial charge in [0.1, 0.15) is 51.8 Å². The molecule has 3 saturated heterocycles. The first-order valence-electron chi connectivity index (χ1n) is 42.6. The first-order chi connectivity index (χ1) is 65.2. The van der Waals surface area contributed by atoms with Crippen molar-refractivity contribution in [3.05, 3.63) is 252 Å². The third-order valence-electron chi connectivity index (χ3n) is 24.2. The number of piperazine rings is 3. The van der Waals surface area contributed by atoms with Crippen LogP contribution in [0.4, 0.5) is 47.3 Å². The molecular weight excluding hydrogens is 2030 g/mol. The number of benzene rings is 3. The smallest absolute Gasteiger partial charge is 0.276 e. The van der Waals surface area contributed by atoms with Gasteiger partial charge in [0.25, 0.3) is 16.7 Å². The van der Waals surface area contributed by atoms with Gasteiger partial charge in [0.2, 0.25) is 17.7 Å². The molecule has 0 aliphatic carbocycles. The van der Waals surface area contributed by atoms with Crippen molar-refractivity contribution in [1.29, 1.82) is 15.8 Å². The quantitative estimate of drug-likeness (QED) is 0.0371. The maximum absolute atomic E-state index is 15.1. The largest absolute Gasteiger partial charge is 0.397 e. The van der Waals surface area contributed by atoms with E-state index in [0.29, 0.717) is 143 Å². The van der Waals surface area contributed by atoms with Gasteiger partial charge in [-0.25, -0.2) is 28.1 Å². The van der Waals surface area contributed by atoms with Gasteiger partial charge in [0.05, 0.1) is 146 Å². The summed E-state index contributed by atoms with van der Waals surface area (Å²) in [6.45, 7) is 36.1. The summed E-state index contributed by atoms with van der Waals surface area (Å²) in [5.74, 6) is -4.09. The highest BCUT2D eigenvalue weighted by molar-refractivity contribution is 6.49. The minimum absolute atomic E-state index is 0.00487. The molecule has 0 bridgehead atoms. The van der Waals surface area contributed by atoms with Crippen molar-refractivity contribution in [1.82, 2.24) is 58.3 Å². The number of aromatic nitrogens is 9. The molecule has 15 rings (SSSR count). The number of aryl methyl sites for hydroxylation is 3. The Kier molecular flexibility index (Phi) is 31.1. The zero-order valence-corrected chi connectivity index (χ0v) is 84.8. The van der Waals surface area contributed by atoms with Crippen LogP contribution in [0.25, 0.3) is 83.9 Å². The van der Waals surface area contributed by atoms with Crippen molar-refractivity contribution in [2.24, 2.45) is 0 Å².